The Morgan fingerprint density at radius 1 is 0.615 bits per heavy atom. The summed E-state index contributed by atoms with van der Waals surface area (Å²) in [6, 6.07) is 0. The topological polar surface area (TPSA) is 38.7 Å². The van der Waals surface area contributed by atoms with Gasteiger partial charge in [0.05, 0.1) is 26.1 Å². The van der Waals surface area contributed by atoms with E-state index in [0.29, 0.717) is 0 Å². The molecule has 0 saturated heterocycles. The highest BCUT2D eigenvalue weighted by Crippen LogP contribution is 2.43. The molecule has 1 N–H and O–H groups in total. The largest absolute Gasteiger partial charge is 0.413 e. The Kier molecular flexibility index (Phi) is 7.59. The quantitative estimate of drug-likeness (QED) is 0.363. The van der Waals surface area contributed by atoms with E-state index in [0.717, 1.165) is 0 Å². The summed E-state index contributed by atoms with van der Waals surface area (Å²) in [5.74, 6) is 0. The molecule has 0 aliphatic rings. The Morgan fingerprint density at radius 3 is 0.962 bits per heavy atom. The molecule has 0 rings (SSSR count). The van der Waals surface area contributed by atoms with Gasteiger partial charge in [0.2, 0.25) is 0 Å². The average molecular weight is 410 g/mol. The van der Waals surface area contributed by atoms with Crippen LogP contribution in [-0.4, -0.2) is 40.9 Å². The van der Waals surface area contributed by atoms with Crippen molar-refractivity contribution in [3.8, 4) is 0 Å². The second kappa shape index (κ2) is 10.7. The first-order chi connectivity index (χ1) is 13.6. The molecule has 0 radical (unpaired) electrons. The molecule has 3 nitrogen and oxygen atoms in total. The first-order valence-electron chi connectivity index (χ1n) is 12.7. The van der Waals surface area contributed by atoms with Crippen LogP contribution in [0.4, 0.5) is 0 Å². The fourth-order valence-corrected chi connectivity index (χ4v) is 15.0. The van der Waals surface area contributed by atoms with Crippen molar-refractivity contribution in [1.82, 2.24) is 0 Å². The van der Waals surface area contributed by atoms with Crippen LogP contribution in [0.5, 0.6) is 0 Å². The van der Waals surface area contributed by atoms with Crippen LogP contribution in [0.2, 0.25) is 33.2 Å². The Balaban J connectivity index is 6.48. The molecule has 5 heteroatoms. The van der Waals surface area contributed by atoms with E-state index in [4.69, 9.17) is 15.7 Å². The van der Waals surface area contributed by atoms with Gasteiger partial charge < -0.3 is 14.0 Å². The molecule has 158 valence electrons. The van der Waals surface area contributed by atoms with Gasteiger partial charge in [0.15, 0.2) is 16.6 Å². The van der Waals surface area contributed by atoms with Gasteiger partial charge in [0.1, 0.15) is 0 Å². The Morgan fingerprint density at radius 2 is 0.808 bits per heavy atom. The number of hydrogen-bond acceptors (Lipinski definition) is 3. The summed E-state index contributed by atoms with van der Waals surface area (Å²) >= 11 is 0. The van der Waals surface area contributed by atoms with Crippen LogP contribution in [0.3, 0.4) is 0 Å². The first-order valence-corrected chi connectivity index (χ1v) is 14.5. The van der Waals surface area contributed by atoms with Gasteiger partial charge in [-0.15, -0.1) is 0 Å². The van der Waals surface area contributed by atoms with Gasteiger partial charge in [-0.25, -0.2) is 0 Å². The van der Waals surface area contributed by atoms with E-state index in [1.54, 1.807) is 0 Å². The maximum Gasteiger partial charge on any atom is 0.200 e. The molecule has 0 amide bonds. The van der Waals surface area contributed by atoms with Crippen LogP contribution in [-0.2, 0) is 8.85 Å². The molecule has 0 atom stereocenters. The predicted octanol–water partition coefficient (Wildman–Crippen LogP) is 6.73. The van der Waals surface area contributed by atoms with Gasteiger partial charge in [-0.05, 0) is 33.2 Å². The van der Waals surface area contributed by atoms with E-state index in [-0.39, 0.29) is 33.2 Å². The summed E-state index contributed by atoms with van der Waals surface area (Å²) in [4.78, 5) is 0. The molecule has 0 unspecified atom stereocenters. The molecular formula is C21H48O3Si2. The third kappa shape index (κ3) is 5.66. The standard InChI is InChI=1S/C21H48O3Si2/c1-15(2)25(16(3)4,17(5)6)23-13-21(22)14-24-26(18(7)8,19(9)10)20(11)12/h15-22H,13-14H2,1-12H3/i13D2,14D2,21D. The van der Waals surface area contributed by atoms with E-state index >= 15 is 0 Å². The summed E-state index contributed by atoms with van der Waals surface area (Å²) in [6.45, 7) is 17.8. The zero-order chi connectivity index (χ0) is 25.4. The van der Waals surface area contributed by atoms with Gasteiger partial charge >= 0.3 is 0 Å². The molecule has 0 aliphatic heterocycles. The Hall–Kier alpha value is 0.314. The number of aliphatic hydroxyl groups is 1. The fourth-order valence-electron chi connectivity index (χ4n) is 5.00. The summed E-state index contributed by atoms with van der Waals surface area (Å²) < 4.78 is 55.1. The van der Waals surface area contributed by atoms with Crippen molar-refractivity contribution in [2.75, 3.05) is 13.1 Å². The van der Waals surface area contributed by atoms with E-state index in [9.17, 15) is 5.11 Å². The molecule has 0 spiro atoms. The van der Waals surface area contributed by atoms with Crippen molar-refractivity contribution in [3.05, 3.63) is 0 Å². The molecule has 0 aromatic carbocycles. The van der Waals surface area contributed by atoms with Crippen LogP contribution in [0.15, 0.2) is 0 Å². The second-order valence-corrected chi connectivity index (χ2v) is 20.1. The maximum atomic E-state index is 11.1. The highest BCUT2D eigenvalue weighted by Gasteiger charge is 2.47. The SMILES string of the molecule is [2H]C([2H])(O[Si](C(C)C)(C(C)C)C(C)C)C([2H])(O)C([2H])([2H])O[Si](C(C)C)(C(C)C)C(C)C. The van der Waals surface area contributed by atoms with Crippen LogP contribution in [0, 0.1) is 0 Å². The average Bonchev–Trinajstić information content (AvgIpc) is 2.55. The predicted molar refractivity (Wildman–Crippen MR) is 120 cm³/mol. The van der Waals surface area contributed by atoms with Gasteiger partial charge in [-0.2, -0.15) is 0 Å². The van der Waals surface area contributed by atoms with Gasteiger partial charge in [0, 0.05) is 0 Å². The summed E-state index contributed by atoms with van der Waals surface area (Å²) in [5.41, 5.74) is 0.0868. The lowest BCUT2D eigenvalue weighted by Crippen LogP contribution is -2.51. The highest BCUT2D eigenvalue weighted by atomic mass is 28.4. The lowest BCUT2D eigenvalue weighted by molar-refractivity contribution is 0.0498. The molecule has 0 saturated carbocycles. The van der Waals surface area contributed by atoms with Crippen molar-refractivity contribution < 1.29 is 20.8 Å². The normalized spacial score (nSPS) is 18.7. The Labute approximate surface area is 173 Å². The number of rotatable bonds is 12. The Bertz CT molecular complexity index is 488. The minimum Gasteiger partial charge on any atom is -0.413 e. The summed E-state index contributed by atoms with van der Waals surface area (Å²) in [5, 5.41) is 11.1. The molecule has 0 aromatic heterocycles. The second-order valence-electron chi connectivity index (χ2n) is 9.39. The smallest absolute Gasteiger partial charge is 0.200 e. The van der Waals surface area contributed by atoms with Crippen molar-refractivity contribution in [2.24, 2.45) is 0 Å². The maximum absolute atomic E-state index is 11.1. The van der Waals surface area contributed by atoms with Gasteiger partial charge in [0.25, 0.3) is 0 Å². The zero-order valence-electron chi connectivity index (χ0n) is 24.2. The van der Waals surface area contributed by atoms with E-state index in [1.807, 2.05) is 83.1 Å². The summed E-state index contributed by atoms with van der Waals surface area (Å²) in [6.07, 6.45) is -3.24. The third-order valence-corrected chi connectivity index (χ3v) is 17.8. The van der Waals surface area contributed by atoms with Gasteiger partial charge in [-0.3, -0.25) is 0 Å². The molecule has 0 aliphatic carbocycles. The van der Waals surface area contributed by atoms with Crippen molar-refractivity contribution in [1.29, 1.82) is 0 Å². The minimum atomic E-state index is -3.24. The minimum absolute atomic E-state index is 0.0145. The van der Waals surface area contributed by atoms with E-state index in [2.05, 4.69) is 0 Å². The van der Waals surface area contributed by atoms with Gasteiger partial charge in [-0.1, -0.05) is 83.1 Å². The van der Waals surface area contributed by atoms with Crippen LogP contribution >= 0.6 is 0 Å². The van der Waals surface area contributed by atoms with E-state index < -0.39 is 35.8 Å². The molecular weight excluding hydrogens is 356 g/mol. The zero-order valence-corrected chi connectivity index (χ0v) is 21.2. The first kappa shape index (κ1) is 18.3. The van der Waals surface area contributed by atoms with Crippen molar-refractivity contribution in [2.45, 2.75) is 122 Å². The van der Waals surface area contributed by atoms with Crippen molar-refractivity contribution in [3.63, 3.8) is 0 Å². The molecule has 26 heavy (non-hydrogen) atoms. The van der Waals surface area contributed by atoms with Crippen LogP contribution in [0.1, 0.15) is 89.9 Å². The molecule has 0 aromatic rings. The van der Waals surface area contributed by atoms with Crippen LogP contribution < -0.4 is 0 Å². The molecule has 0 fully saturated rings. The third-order valence-electron chi connectivity index (χ3n) is 6.06. The van der Waals surface area contributed by atoms with Crippen molar-refractivity contribution >= 4 is 16.6 Å². The summed E-state index contributed by atoms with van der Waals surface area (Å²) in [7, 11) is -5.68. The molecule has 0 bridgehead atoms. The lowest BCUT2D eigenvalue weighted by atomic mass is 10.4. The van der Waals surface area contributed by atoms with Crippen LogP contribution in [0.25, 0.3) is 0 Å². The number of hydrogen-bond donors (Lipinski definition) is 1. The fraction of sp³-hybridized carbons (Fsp3) is 1.00. The van der Waals surface area contributed by atoms with E-state index in [1.165, 1.54) is 0 Å². The molecule has 0 heterocycles. The lowest BCUT2D eigenvalue weighted by Gasteiger charge is -2.44. The monoisotopic (exact) mass is 409 g/mol. The highest BCUT2D eigenvalue weighted by molar-refractivity contribution is 6.78.